The SMILES string of the molecule is COC(=O)C1CC[N+](C)(C)CC1.[I-]. The lowest BCUT2D eigenvalue weighted by atomic mass is 9.96. The van der Waals surface area contributed by atoms with Crippen LogP contribution in [0.3, 0.4) is 0 Å². The molecule has 3 nitrogen and oxygen atoms in total. The van der Waals surface area contributed by atoms with E-state index in [0.717, 1.165) is 30.4 Å². The molecule has 1 aliphatic rings. The number of methoxy groups -OCH3 is 1. The minimum atomic E-state index is -0.0327. The van der Waals surface area contributed by atoms with Crippen molar-refractivity contribution in [2.75, 3.05) is 34.3 Å². The van der Waals surface area contributed by atoms with Crippen molar-refractivity contribution in [1.29, 1.82) is 0 Å². The van der Waals surface area contributed by atoms with Crippen LogP contribution < -0.4 is 24.0 Å². The number of rotatable bonds is 1. The van der Waals surface area contributed by atoms with Gasteiger partial charge in [0.05, 0.1) is 40.2 Å². The third-order valence-electron chi connectivity index (χ3n) is 2.70. The lowest BCUT2D eigenvalue weighted by Gasteiger charge is -2.36. The Morgan fingerprint density at radius 2 is 1.77 bits per heavy atom. The van der Waals surface area contributed by atoms with Gasteiger partial charge in [-0.25, -0.2) is 0 Å². The van der Waals surface area contributed by atoms with Crippen molar-refractivity contribution in [3.63, 3.8) is 0 Å². The Hall–Kier alpha value is 0.160. The summed E-state index contributed by atoms with van der Waals surface area (Å²) in [7, 11) is 5.87. The fourth-order valence-corrected chi connectivity index (χ4v) is 1.67. The van der Waals surface area contributed by atoms with Gasteiger partial charge in [0.25, 0.3) is 0 Å². The molecule has 0 aromatic carbocycles. The van der Waals surface area contributed by atoms with Gasteiger partial charge in [-0.05, 0) is 0 Å². The Morgan fingerprint density at radius 3 is 2.15 bits per heavy atom. The maximum absolute atomic E-state index is 11.1. The largest absolute Gasteiger partial charge is 1.00 e. The topological polar surface area (TPSA) is 26.3 Å². The molecule has 0 N–H and O–H groups in total. The van der Waals surface area contributed by atoms with Crippen molar-refractivity contribution in [2.24, 2.45) is 5.92 Å². The van der Waals surface area contributed by atoms with Gasteiger partial charge in [-0.1, -0.05) is 0 Å². The summed E-state index contributed by atoms with van der Waals surface area (Å²) in [6.45, 7) is 2.17. The molecule has 4 heteroatoms. The van der Waals surface area contributed by atoms with Crippen molar-refractivity contribution >= 4 is 5.97 Å². The Labute approximate surface area is 97.0 Å². The number of hydrogen-bond acceptors (Lipinski definition) is 2. The van der Waals surface area contributed by atoms with Crippen molar-refractivity contribution in [3.05, 3.63) is 0 Å². The third-order valence-corrected chi connectivity index (χ3v) is 2.70. The first-order valence-electron chi connectivity index (χ1n) is 4.45. The van der Waals surface area contributed by atoms with Gasteiger partial charge in [0.2, 0.25) is 0 Å². The van der Waals surface area contributed by atoms with Gasteiger partial charge >= 0.3 is 5.97 Å². The Bertz CT molecular complexity index is 172. The van der Waals surface area contributed by atoms with Crippen LogP contribution in [-0.2, 0) is 9.53 Å². The number of carbonyl (C=O) groups is 1. The molecule has 1 fully saturated rings. The monoisotopic (exact) mass is 299 g/mol. The molecule has 78 valence electrons. The summed E-state index contributed by atoms with van der Waals surface area (Å²) in [5.41, 5.74) is 0. The highest BCUT2D eigenvalue weighted by Gasteiger charge is 2.30. The summed E-state index contributed by atoms with van der Waals surface area (Å²) in [5, 5.41) is 0. The fraction of sp³-hybridized carbons (Fsp3) is 0.889. The van der Waals surface area contributed by atoms with Crippen LogP contribution in [-0.4, -0.2) is 44.7 Å². The Morgan fingerprint density at radius 1 is 1.31 bits per heavy atom. The first-order chi connectivity index (χ1) is 5.55. The zero-order valence-electron chi connectivity index (χ0n) is 8.55. The van der Waals surface area contributed by atoms with Crippen molar-refractivity contribution in [2.45, 2.75) is 12.8 Å². The summed E-state index contributed by atoms with van der Waals surface area (Å²) < 4.78 is 5.75. The smallest absolute Gasteiger partial charge is 0.309 e. The van der Waals surface area contributed by atoms with Gasteiger partial charge < -0.3 is 33.2 Å². The quantitative estimate of drug-likeness (QED) is 0.308. The highest BCUT2D eigenvalue weighted by atomic mass is 127. The minimum absolute atomic E-state index is 0. The molecule has 0 aliphatic carbocycles. The number of piperidine rings is 1. The highest BCUT2D eigenvalue weighted by Crippen LogP contribution is 2.20. The van der Waals surface area contributed by atoms with Gasteiger partial charge in [-0.3, -0.25) is 4.79 Å². The Balaban J connectivity index is 0.00000144. The molecule has 0 radical (unpaired) electrons. The average Bonchev–Trinajstić information content (AvgIpc) is 2.03. The van der Waals surface area contributed by atoms with Crippen molar-refractivity contribution < 1.29 is 38.0 Å². The van der Waals surface area contributed by atoms with Gasteiger partial charge in [-0.15, -0.1) is 0 Å². The number of halogens is 1. The molecule has 13 heavy (non-hydrogen) atoms. The predicted molar refractivity (Wildman–Crippen MR) is 46.6 cm³/mol. The van der Waals surface area contributed by atoms with Gasteiger partial charge in [0.15, 0.2) is 0 Å². The number of ether oxygens (including phenoxy) is 1. The summed E-state index contributed by atoms with van der Waals surface area (Å²) in [6.07, 6.45) is 1.94. The molecular formula is C9H18INO2. The zero-order valence-corrected chi connectivity index (χ0v) is 10.7. The van der Waals surface area contributed by atoms with E-state index in [9.17, 15) is 4.79 Å². The van der Waals surface area contributed by atoms with E-state index in [0.29, 0.717) is 0 Å². The normalized spacial score (nSPS) is 21.8. The van der Waals surface area contributed by atoms with Crippen molar-refractivity contribution in [1.82, 2.24) is 0 Å². The number of quaternary nitrogens is 1. The van der Waals surface area contributed by atoms with Crippen LogP contribution in [0.1, 0.15) is 12.8 Å². The molecule has 0 amide bonds. The zero-order chi connectivity index (χ0) is 9.19. The van der Waals surface area contributed by atoms with E-state index < -0.39 is 0 Å². The number of nitrogens with zero attached hydrogens (tertiary/aromatic N) is 1. The number of hydrogen-bond donors (Lipinski definition) is 0. The van der Waals surface area contributed by atoms with Crippen LogP contribution in [0.5, 0.6) is 0 Å². The molecule has 0 spiro atoms. The first-order valence-corrected chi connectivity index (χ1v) is 4.45. The third kappa shape index (κ3) is 3.81. The fourth-order valence-electron chi connectivity index (χ4n) is 1.67. The lowest BCUT2D eigenvalue weighted by Crippen LogP contribution is -3.00. The maximum atomic E-state index is 11.1. The molecule has 0 atom stereocenters. The molecule has 0 saturated carbocycles. The van der Waals surface area contributed by atoms with E-state index in [1.165, 1.54) is 7.11 Å². The van der Waals surface area contributed by atoms with E-state index in [-0.39, 0.29) is 35.9 Å². The van der Waals surface area contributed by atoms with E-state index in [2.05, 4.69) is 14.1 Å². The maximum Gasteiger partial charge on any atom is 0.309 e. The van der Waals surface area contributed by atoms with Crippen LogP contribution in [0.25, 0.3) is 0 Å². The van der Waals surface area contributed by atoms with Gasteiger partial charge in [-0.2, -0.15) is 0 Å². The van der Waals surface area contributed by atoms with Crippen LogP contribution in [0.4, 0.5) is 0 Å². The number of esters is 1. The molecule has 0 aromatic heterocycles. The molecule has 1 saturated heterocycles. The first kappa shape index (κ1) is 13.2. The molecule has 0 bridgehead atoms. The van der Waals surface area contributed by atoms with E-state index >= 15 is 0 Å². The second kappa shape index (κ2) is 5.14. The molecule has 0 aromatic rings. The summed E-state index contributed by atoms with van der Waals surface area (Å²) in [6, 6.07) is 0. The van der Waals surface area contributed by atoms with Crippen LogP contribution >= 0.6 is 0 Å². The summed E-state index contributed by atoms with van der Waals surface area (Å²) in [4.78, 5) is 11.1. The average molecular weight is 299 g/mol. The van der Waals surface area contributed by atoms with Gasteiger partial charge in [0.1, 0.15) is 0 Å². The standard InChI is InChI=1S/C9H18NO2.HI/c1-10(2)6-4-8(5-7-10)9(11)12-3;/h8H,4-7H2,1-3H3;1H/q+1;/p-1. The van der Waals surface area contributed by atoms with E-state index in [4.69, 9.17) is 4.74 Å². The predicted octanol–water partition coefficient (Wildman–Crippen LogP) is -2.35. The molecular weight excluding hydrogens is 281 g/mol. The number of likely N-dealkylation sites (tertiary alicyclic amines) is 1. The molecule has 1 heterocycles. The van der Waals surface area contributed by atoms with Crippen LogP contribution in [0, 0.1) is 5.92 Å². The van der Waals surface area contributed by atoms with Crippen LogP contribution in [0.15, 0.2) is 0 Å². The lowest BCUT2D eigenvalue weighted by molar-refractivity contribution is -0.895. The van der Waals surface area contributed by atoms with Crippen molar-refractivity contribution in [3.8, 4) is 0 Å². The highest BCUT2D eigenvalue weighted by molar-refractivity contribution is 5.72. The van der Waals surface area contributed by atoms with Gasteiger partial charge in [0, 0.05) is 12.8 Å². The summed E-state index contributed by atoms with van der Waals surface area (Å²) >= 11 is 0. The second-order valence-corrected chi connectivity index (χ2v) is 4.18. The minimum Gasteiger partial charge on any atom is -1.00 e. The summed E-state index contributed by atoms with van der Waals surface area (Å²) in [5.74, 6) is 0.121. The molecule has 0 unspecified atom stereocenters. The Kier molecular flexibility index (Phi) is 5.21. The van der Waals surface area contributed by atoms with E-state index in [1.807, 2.05) is 0 Å². The number of carbonyl (C=O) groups excluding carboxylic acids is 1. The molecule has 1 aliphatic heterocycles. The van der Waals surface area contributed by atoms with Crippen LogP contribution in [0.2, 0.25) is 0 Å². The second-order valence-electron chi connectivity index (χ2n) is 4.18. The molecule has 1 rings (SSSR count). The van der Waals surface area contributed by atoms with E-state index in [1.54, 1.807) is 0 Å².